The Kier molecular flexibility index (Phi) is 7.06. The summed E-state index contributed by atoms with van der Waals surface area (Å²) in [6.45, 7) is 8.91. The molecule has 0 fully saturated rings. The second-order valence-corrected chi connectivity index (χ2v) is 6.26. The monoisotopic (exact) mass is 287 g/mol. The van der Waals surface area contributed by atoms with E-state index < -0.39 is 0 Å². The van der Waals surface area contributed by atoms with Gasteiger partial charge in [0.1, 0.15) is 0 Å². The average molecular weight is 288 g/mol. The van der Waals surface area contributed by atoms with Gasteiger partial charge in [0, 0.05) is 0 Å². The van der Waals surface area contributed by atoms with E-state index in [4.69, 9.17) is 23.2 Å². The van der Waals surface area contributed by atoms with E-state index in [1.165, 1.54) is 12.0 Å². The summed E-state index contributed by atoms with van der Waals surface area (Å²) >= 11 is 11.9. The fourth-order valence-electron chi connectivity index (χ4n) is 1.91. The highest BCUT2D eigenvalue weighted by atomic mass is 35.5. The number of benzene rings is 1. The summed E-state index contributed by atoms with van der Waals surface area (Å²) in [6.07, 6.45) is 2.24. The van der Waals surface area contributed by atoms with Crippen molar-refractivity contribution in [2.75, 3.05) is 13.1 Å². The molecule has 0 amide bonds. The van der Waals surface area contributed by atoms with Gasteiger partial charge >= 0.3 is 0 Å². The SMILES string of the molecule is CC(C)CNCCC(C)Cc1ccc(Cl)c(Cl)c1. The summed E-state index contributed by atoms with van der Waals surface area (Å²) in [7, 11) is 0. The van der Waals surface area contributed by atoms with Gasteiger partial charge in [0.2, 0.25) is 0 Å². The normalized spacial score (nSPS) is 13.0. The molecular formula is C15H23Cl2N. The molecule has 0 heterocycles. The van der Waals surface area contributed by atoms with Crippen LogP contribution in [0.25, 0.3) is 0 Å². The largest absolute Gasteiger partial charge is 0.316 e. The maximum Gasteiger partial charge on any atom is 0.0595 e. The Morgan fingerprint density at radius 3 is 2.44 bits per heavy atom. The molecule has 0 saturated carbocycles. The lowest BCUT2D eigenvalue weighted by Crippen LogP contribution is -2.22. The molecule has 18 heavy (non-hydrogen) atoms. The summed E-state index contributed by atoms with van der Waals surface area (Å²) < 4.78 is 0. The Balaban J connectivity index is 2.31. The van der Waals surface area contributed by atoms with Gasteiger partial charge in [0.05, 0.1) is 10.0 Å². The average Bonchev–Trinajstić information content (AvgIpc) is 2.29. The number of hydrogen-bond donors (Lipinski definition) is 1. The highest BCUT2D eigenvalue weighted by Crippen LogP contribution is 2.24. The molecular weight excluding hydrogens is 265 g/mol. The Hall–Kier alpha value is -0.240. The topological polar surface area (TPSA) is 12.0 Å². The van der Waals surface area contributed by atoms with Gasteiger partial charge in [-0.1, -0.05) is 50.0 Å². The summed E-state index contributed by atoms with van der Waals surface area (Å²) in [4.78, 5) is 0. The van der Waals surface area contributed by atoms with E-state index in [0.717, 1.165) is 25.4 Å². The van der Waals surface area contributed by atoms with Crippen LogP contribution < -0.4 is 5.32 Å². The Morgan fingerprint density at radius 1 is 1.11 bits per heavy atom. The van der Waals surface area contributed by atoms with Gasteiger partial charge in [-0.25, -0.2) is 0 Å². The summed E-state index contributed by atoms with van der Waals surface area (Å²) in [6, 6.07) is 5.91. The van der Waals surface area contributed by atoms with E-state index in [-0.39, 0.29) is 0 Å². The number of halogens is 2. The summed E-state index contributed by atoms with van der Waals surface area (Å²) in [5.41, 5.74) is 1.26. The predicted molar refractivity (Wildman–Crippen MR) is 81.7 cm³/mol. The second kappa shape index (κ2) is 8.04. The molecule has 0 radical (unpaired) electrons. The van der Waals surface area contributed by atoms with Crippen molar-refractivity contribution in [2.45, 2.75) is 33.6 Å². The summed E-state index contributed by atoms with van der Waals surface area (Å²) in [5, 5.41) is 4.76. The molecule has 1 unspecified atom stereocenters. The third kappa shape index (κ3) is 6.08. The molecule has 1 aromatic rings. The lowest BCUT2D eigenvalue weighted by Gasteiger charge is -2.13. The van der Waals surface area contributed by atoms with E-state index >= 15 is 0 Å². The van der Waals surface area contributed by atoms with Gasteiger partial charge in [0.25, 0.3) is 0 Å². The zero-order valence-corrected chi connectivity index (χ0v) is 13.0. The maximum atomic E-state index is 6.01. The minimum Gasteiger partial charge on any atom is -0.316 e. The van der Waals surface area contributed by atoms with Crippen molar-refractivity contribution < 1.29 is 0 Å². The second-order valence-electron chi connectivity index (χ2n) is 5.44. The van der Waals surface area contributed by atoms with E-state index in [9.17, 15) is 0 Å². The van der Waals surface area contributed by atoms with Gasteiger partial charge in [-0.3, -0.25) is 0 Å². The van der Waals surface area contributed by atoms with Crippen molar-refractivity contribution in [3.63, 3.8) is 0 Å². The van der Waals surface area contributed by atoms with Crippen LogP contribution in [-0.2, 0) is 6.42 Å². The molecule has 1 aromatic carbocycles. The molecule has 102 valence electrons. The maximum absolute atomic E-state index is 6.01. The third-order valence-corrected chi connectivity index (χ3v) is 3.67. The molecule has 0 aliphatic heterocycles. The van der Waals surface area contributed by atoms with Crippen molar-refractivity contribution >= 4 is 23.2 Å². The molecule has 1 atom stereocenters. The molecule has 0 aliphatic rings. The third-order valence-electron chi connectivity index (χ3n) is 2.93. The Labute approximate surface area is 121 Å². The van der Waals surface area contributed by atoms with Crippen LogP contribution in [0.15, 0.2) is 18.2 Å². The molecule has 1 rings (SSSR count). The van der Waals surface area contributed by atoms with E-state index in [2.05, 4.69) is 32.2 Å². The molecule has 0 saturated heterocycles. The molecule has 0 spiro atoms. The van der Waals surface area contributed by atoms with E-state index in [0.29, 0.717) is 16.0 Å². The molecule has 1 nitrogen and oxygen atoms in total. The zero-order chi connectivity index (χ0) is 13.5. The molecule has 1 N–H and O–H groups in total. The summed E-state index contributed by atoms with van der Waals surface area (Å²) in [5.74, 6) is 1.37. The first-order valence-corrected chi connectivity index (χ1v) is 7.39. The number of hydrogen-bond acceptors (Lipinski definition) is 1. The van der Waals surface area contributed by atoms with Gasteiger partial charge in [-0.2, -0.15) is 0 Å². The van der Waals surface area contributed by atoms with Crippen molar-refractivity contribution in [3.8, 4) is 0 Å². The molecule has 0 aliphatic carbocycles. The molecule has 0 bridgehead atoms. The smallest absolute Gasteiger partial charge is 0.0595 e. The van der Waals surface area contributed by atoms with E-state index in [1.807, 2.05) is 12.1 Å². The minimum absolute atomic E-state index is 0.631. The van der Waals surface area contributed by atoms with Crippen LogP contribution in [0.5, 0.6) is 0 Å². The van der Waals surface area contributed by atoms with Crippen molar-refractivity contribution in [3.05, 3.63) is 33.8 Å². The van der Waals surface area contributed by atoms with Crippen LogP contribution in [0, 0.1) is 11.8 Å². The van der Waals surface area contributed by atoms with Crippen LogP contribution in [0.1, 0.15) is 32.8 Å². The first-order valence-electron chi connectivity index (χ1n) is 6.63. The molecule has 0 aromatic heterocycles. The van der Waals surface area contributed by atoms with Gasteiger partial charge in [-0.15, -0.1) is 0 Å². The predicted octanol–water partition coefficient (Wildman–Crippen LogP) is 4.81. The first kappa shape index (κ1) is 15.8. The van der Waals surface area contributed by atoms with Crippen LogP contribution in [0.3, 0.4) is 0 Å². The lowest BCUT2D eigenvalue weighted by atomic mass is 9.98. The first-order chi connectivity index (χ1) is 8.49. The number of rotatable bonds is 7. The lowest BCUT2D eigenvalue weighted by molar-refractivity contribution is 0.474. The van der Waals surface area contributed by atoms with Crippen LogP contribution >= 0.6 is 23.2 Å². The highest BCUT2D eigenvalue weighted by molar-refractivity contribution is 6.42. The Morgan fingerprint density at radius 2 is 1.83 bits per heavy atom. The quantitative estimate of drug-likeness (QED) is 0.710. The minimum atomic E-state index is 0.631. The van der Waals surface area contributed by atoms with E-state index in [1.54, 1.807) is 0 Å². The van der Waals surface area contributed by atoms with Crippen LogP contribution in [-0.4, -0.2) is 13.1 Å². The number of nitrogens with one attached hydrogen (secondary N) is 1. The van der Waals surface area contributed by atoms with Gasteiger partial charge < -0.3 is 5.32 Å². The van der Waals surface area contributed by atoms with Gasteiger partial charge in [-0.05, 0) is 55.5 Å². The van der Waals surface area contributed by atoms with Crippen LogP contribution in [0.2, 0.25) is 10.0 Å². The zero-order valence-electron chi connectivity index (χ0n) is 11.5. The van der Waals surface area contributed by atoms with Crippen molar-refractivity contribution in [1.29, 1.82) is 0 Å². The highest BCUT2D eigenvalue weighted by Gasteiger charge is 2.06. The fourth-order valence-corrected chi connectivity index (χ4v) is 2.23. The molecule has 3 heteroatoms. The van der Waals surface area contributed by atoms with Gasteiger partial charge in [0.15, 0.2) is 0 Å². The van der Waals surface area contributed by atoms with Crippen LogP contribution in [0.4, 0.5) is 0 Å². The Bertz CT molecular complexity index is 364. The van der Waals surface area contributed by atoms with Crippen molar-refractivity contribution in [2.24, 2.45) is 11.8 Å². The van der Waals surface area contributed by atoms with Crippen molar-refractivity contribution in [1.82, 2.24) is 5.32 Å². The fraction of sp³-hybridized carbons (Fsp3) is 0.600. The standard InChI is InChI=1S/C15H23Cl2N/c1-11(2)10-18-7-6-12(3)8-13-4-5-14(16)15(17)9-13/h4-5,9,11-12,18H,6-8,10H2,1-3H3.